The van der Waals surface area contributed by atoms with Gasteiger partial charge in [-0.1, -0.05) is 0 Å². The highest BCUT2D eigenvalue weighted by atomic mass is 16.5. The Morgan fingerprint density at radius 1 is 1.32 bits per heavy atom. The first-order valence-corrected chi connectivity index (χ1v) is 8.14. The predicted molar refractivity (Wildman–Crippen MR) is 81.1 cm³/mol. The Kier molecular flexibility index (Phi) is 3.14. The van der Waals surface area contributed by atoms with Crippen molar-refractivity contribution >= 4 is 5.95 Å². The third-order valence-electron chi connectivity index (χ3n) is 5.77. The second kappa shape index (κ2) is 4.94. The minimum atomic E-state index is -0.469. The van der Waals surface area contributed by atoms with Gasteiger partial charge in [0.25, 0.3) is 0 Å². The monoisotopic (exact) mass is 306 g/mol. The van der Waals surface area contributed by atoms with Crippen LogP contribution in [0.4, 0.5) is 5.95 Å². The van der Waals surface area contributed by atoms with Crippen LogP contribution in [0.15, 0.2) is 9.59 Å². The van der Waals surface area contributed by atoms with Crippen LogP contribution in [-0.2, 0) is 4.74 Å². The normalized spacial score (nSPS) is 32.0. The van der Waals surface area contributed by atoms with Gasteiger partial charge >= 0.3 is 11.4 Å². The van der Waals surface area contributed by atoms with Crippen molar-refractivity contribution < 1.29 is 4.74 Å². The first kappa shape index (κ1) is 14.0. The van der Waals surface area contributed by atoms with Crippen molar-refractivity contribution in [2.75, 3.05) is 18.5 Å². The quantitative estimate of drug-likeness (QED) is 0.862. The van der Waals surface area contributed by atoms with E-state index in [1.807, 2.05) is 0 Å². The van der Waals surface area contributed by atoms with Crippen molar-refractivity contribution in [1.82, 2.24) is 14.5 Å². The van der Waals surface area contributed by atoms with E-state index in [4.69, 9.17) is 4.74 Å². The van der Waals surface area contributed by atoms with E-state index in [0.29, 0.717) is 37.4 Å². The summed E-state index contributed by atoms with van der Waals surface area (Å²) < 4.78 is 6.51. The van der Waals surface area contributed by atoms with Crippen molar-refractivity contribution in [2.45, 2.75) is 51.1 Å². The number of ether oxygens (including phenoxy) is 1. The van der Waals surface area contributed by atoms with Gasteiger partial charge in [0.05, 0.1) is 0 Å². The molecule has 0 radical (unpaired) electrons. The SMILES string of the molecule is CC(Nc1nc(=O)n(C2CCOCC2)c(=O)[nH]1)C12CC(C1)C2. The molecule has 1 aliphatic heterocycles. The number of H-pyrrole nitrogens is 1. The first-order chi connectivity index (χ1) is 10.6. The number of nitrogens with one attached hydrogen (secondary N) is 2. The summed E-state index contributed by atoms with van der Waals surface area (Å²) in [6.45, 7) is 3.27. The Morgan fingerprint density at radius 3 is 2.55 bits per heavy atom. The van der Waals surface area contributed by atoms with E-state index in [0.717, 1.165) is 5.92 Å². The number of aromatic amines is 1. The Morgan fingerprint density at radius 2 is 2.00 bits per heavy atom. The maximum atomic E-state index is 12.3. The molecule has 3 saturated carbocycles. The number of anilines is 1. The van der Waals surface area contributed by atoms with E-state index in [9.17, 15) is 9.59 Å². The molecule has 1 unspecified atom stereocenters. The summed E-state index contributed by atoms with van der Waals surface area (Å²) >= 11 is 0. The summed E-state index contributed by atoms with van der Waals surface area (Å²) in [5, 5.41) is 3.23. The van der Waals surface area contributed by atoms with Gasteiger partial charge in [-0.15, -0.1) is 0 Å². The third-order valence-corrected chi connectivity index (χ3v) is 5.77. The van der Waals surface area contributed by atoms with Crippen LogP contribution in [0.3, 0.4) is 0 Å². The smallest absolute Gasteiger partial charge is 0.355 e. The molecule has 3 aliphatic carbocycles. The number of rotatable bonds is 4. The van der Waals surface area contributed by atoms with Crippen molar-refractivity contribution in [3.05, 3.63) is 21.0 Å². The van der Waals surface area contributed by atoms with E-state index >= 15 is 0 Å². The molecule has 1 atom stereocenters. The molecule has 0 aromatic carbocycles. The standard InChI is InChI=1S/C15H22N4O3/c1-9(15-6-10(7-15)8-15)16-12-17-13(20)19(14(21)18-12)11-2-4-22-5-3-11/h9-11H,2-8H2,1H3,(H2,16,17,18,20,21). The first-order valence-electron chi connectivity index (χ1n) is 8.14. The zero-order chi connectivity index (χ0) is 15.3. The minimum Gasteiger partial charge on any atom is -0.381 e. The second-order valence-corrected chi connectivity index (χ2v) is 7.09. The van der Waals surface area contributed by atoms with Gasteiger partial charge in [-0.05, 0) is 50.4 Å². The molecule has 120 valence electrons. The maximum absolute atomic E-state index is 12.3. The molecule has 1 aromatic heterocycles. The largest absolute Gasteiger partial charge is 0.381 e. The molecular weight excluding hydrogens is 284 g/mol. The van der Waals surface area contributed by atoms with Gasteiger partial charge < -0.3 is 10.1 Å². The van der Waals surface area contributed by atoms with Crippen LogP contribution in [0.25, 0.3) is 0 Å². The Hall–Kier alpha value is -1.63. The van der Waals surface area contributed by atoms with Crippen LogP contribution in [0.1, 0.15) is 45.1 Å². The average molecular weight is 306 g/mol. The van der Waals surface area contributed by atoms with Crippen molar-refractivity contribution in [1.29, 1.82) is 0 Å². The van der Waals surface area contributed by atoms with E-state index < -0.39 is 5.69 Å². The fourth-order valence-corrected chi connectivity index (χ4v) is 4.19. The summed E-state index contributed by atoms with van der Waals surface area (Å²) in [4.78, 5) is 31.3. The van der Waals surface area contributed by atoms with Crippen LogP contribution in [0.5, 0.6) is 0 Å². The minimum absolute atomic E-state index is 0.110. The summed E-state index contributed by atoms with van der Waals surface area (Å²) in [5.41, 5.74) is -0.485. The summed E-state index contributed by atoms with van der Waals surface area (Å²) in [7, 11) is 0. The van der Waals surface area contributed by atoms with Gasteiger partial charge in [-0.25, -0.2) is 14.2 Å². The molecule has 0 amide bonds. The van der Waals surface area contributed by atoms with E-state index in [1.54, 1.807) is 0 Å². The Bertz CT molecular complexity index is 640. The van der Waals surface area contributed by atoms with Crippen LogP contribution >= 0.6 is 0 Å². The lowest BCUT2D eigenvalue weighted by Crippen LogP contribution is -2.60. The van der Waals surface area contributed by atoms with Crippen molar-refractivity contribution in [3.63, 3.8) is 0 Å². The molecule has 2 N–H and O–H groups in total. The summed E-state index contributed by atoms with van der Waals surface area (Å²) in [6.07, 6.45) is 5.12. The molecule has 7 nitrogen and oxygen atoms in total. The Labute approximate surface area is 128 Å². The van der Waals surface area contributed by atoms with Crippen LogP contribution < -0.4 is 16.7 Å². The highest BCUT2D eigenvalue weighted by molar-refractivity contribution is 5.28. The third kappa shape index (κ3) is 2.10. The second-order valence-electron chi connectivity index (χ2n) is 7.09. The molecule has 2 heterocycles. The highest BCUT2D eigenvalue weighted by Gasteiger charge is 2.59. The van der Waals surface area contributed by atoms with Gasteiger partial charge in [0, 0.05) is 25.3 Å². The lowest BCUT2D eigenvalue weighted by molar-refractivity contribution is -0.116. The van der Waals surface area contributed by atoms with Crippen molar-refractivity contribution in [3.8, 4) is 0 Å². The molecule has 1 aromatic rings. The average Bonchev–Trinajstić information content (AvgIpc) is 2.35. The van der Waals surface area contributed by atoms with Crippen molar-refractivity contribution in [2.24, 2.45) is 11.3 Å². The topological polar surface area (TPSA) is 89.0 Å². The van der Waals surface area contributed by atoms with E-state index in [-0.39, 0.29) is 17.8 Å². The van der Waals surface area contributed by atoms with Gasteiger partial charge in [0.15, 0.2) is 0 Å². The number of aromatic nitrogens is 3. The zero-order valence-corrected chi connectivity index (χ0v) is 12.8. The lowest BCUT2D eigenvalue weighted by Gasteiger charge is -2.64. The zero-order valence-electron chi connectivity index (χ0n) is 12.8. The van der Waals surface area contributed by atoms with Gasteiger partial charge in [0.1, 0.15) is 0 Å². The van der Waals surface area contributed by atoms with E-state index in [1.165, 1.54) is 23.8 Å². The molecule has 4 fully saturated rings. The Balaban J connectivity index is 1.54. The van der Waals surface area contributed by atoms with Gasteiger partial charge in [-0.3, -0.25) is 4.98 Å². The molecule has 1 saturated heterocycles. The van der Waals surface area contributed by atoms with Crippen LogP contribution in [0.2, 0.25) is 0 Å². The molecule has 5 rings (SSSR count). The fraction of sp³-hybridized carbons (Fsp3) is 0.800. The molecular formula is C15H22N4O3. The molecule has 4 aliphatic rings. The van der Waals surface area contributed by atoms with E-state index in [2.05, 4.69) is 22.2 Å². The molecule has 7 heteroatoms. The number of nitrogens with zero attached hydrogens (tertiary/aromatic N) is 2. The number of hydrogen-bond donors (Lipinski definition) is 2. The molecule has 22 heavy (non-hydrogen) atoms. The summed E-state index contributed by atoms with van der Waals surface area (Å²) in [5.74, 6) is 1.20. The predicted octanol–water partition coefficient (Wildman–Crippen LogP) is 0.884. The molecule has 2 bridgehead atoms. The number of hydrogen-bond acceptors (Lipinski definition) is 5. The summed E-state index contributed by atoms with van der Waals surface area (Å²) in [6, 6.07) is 0.126. The molecule has 0 spiro atoms. The van der Waals surface area contributed by atoms with Crippen LogP contribution in [-0.4, -0.2) is 33.8 Å². The van der Waals surface area contributed by atoms with Crippen LogP contribution in [0, 0.1) is 11.3 Å². The highest BCUT2D eigenvalue weighted by Crippen LogP contribution is 2.66. The van der Waals surface area contributed by atoms with Gasteiger partial charge in [-0.2, -0.15) is 4.98 Å². The van der Waals surface area contributed by atoms with Gasteiger partial charge in [0.2, 0.25) is 5.95 Å². The maximum Gasteiger partial charge on any atom is 0.355 e. The fourth-order valence-electron chi connectivity index (χ4n) is 4.19. The lowest BCUT2D eigenvalue weighted by atomic mass is 9.42.